The summed E-state index contributed by atoms with van der Waals surface area (Å²) in [6.07, 6.45) is 3.75. The molecule has 80 valence electrons. The number of rotatable bonds is 2. The topological polar surface area (TPSA) is 33.1 Å². The van der Waals surface area contributed by atoms with E-state index in [2.05, 4.69) is 4.98 Å². The Labute approximate surface area is 94.9 Å². The second kappa shape index (κ2) is 4.62. The van der Waals surface area contributed by atoms with E-state index in [1.165, 1.54) is 0 Å². The quantitative estimate of drug-likeness (QED) is 0.827. The van der Waals surface area contributed by atoms with E-state index in [4.69, 9.17) is 0 Å². The van der Waals surface area contributed by atoms with Gasteiger partial charge in [-0.25, -0.2) is 4.98 Å². The van der Waals surface area contributed by atoms with Crippen molar-refractivity contribution in [2.24, 2.45) is 0 Å². The highest BCUT2D eigenvalue weighted by atomic mass is 16.3. The van der Waals surface area contributed by atoms with Crippen molar-refractivity contribution >= 4 is 12.2 Å². The standard InChI is InChI=1S/C14H13NO/c1-11-7-10-14(16)13(15-11)9-8-12-5-3-2-4-6-12/h2-10,16H,1H3/b9-8+. The molecule has 1 aromatic carbocycles. The Kier molecular flexibility index (Phi) is 3.01. The van der Waals surface area contributed by atoms with Crippen molar-refractivity contribution in [1.82, 2.24) is 4.98 Å². The van der Waals surface area contributed by atoms with E-state index in [-0.39, 0.29) is 5.75 Å². The van der Waals surface area contributed by atoms with E-state index < -0.39 is 0 Å². The molecule has 0 aliphatic rings. The van der Waals surface area contributed by atoms with Gasteiger partial charge in [0.05, 0.1) is 0 Å². The molecule has 0 atom stereocenters. The molecule has 0 saturated carbocycles. The first kappa shape index (κ1) is 10.4. The molecule has 0 bridgehead atoms. The summed E-state index contributed by atoms with van der Waals surface area (Å²) >= 11 is 0. The lowest BCUT2D eigenvalue weighted by atomic mass is 10.2. The molecule has 0 aliphatic carbocycles. The number of hydrogen-bond acceptors (Lipinski definition) is 2. The van der Waals surface area contributed by atoms with Gasteiger partial charge in [-0.15, -0.1) is 0 Å². The third kappa shape index (κ3) is 2.48. The highest BCUT2D eigenvalue weighted by Gasteiger charge is 1.98. The molecule has 2 nitrogen and oxygen atoms in total. The van der Waals surface area contributed by atoms with Crippen LogP contribution in [-0.2, 0) is 0 Å². The minimum atomic E-state index is 0.206. The maximum absolute atomic E-state index is 9.60. The van der Waals surface area contributed by atoms with Gasteiger partial charge < -0.3 is 5.11 Å². The third-order valence-electron chi connectivity index (χ3n) is 2.27. The van der Waals surface area contributed by atoms with Crippen molar-refractivity contribution in [2.75, 3.05) is 0 Å². The highest BCUT2D eigenvalue weighted by Crippen LogP contribution is 2.17. The third-order valence-corrected chi connectivity index (χ3v) is 2.27. The predicted octanol–water partition coefficient (Wildman–Crippen LogP) is 3.27. The van der Waals surface area contributed by atoms with Gasteiger partial charge in [0.2, 0.25) is 0 Å². The highest BCUT2D eigenvalue weighted by molar-refractivity contribution is 5.70. The maximum Gasteiger partial charge on any atom is 0.141 e. The molecule has 1 aromatic heterocycles. The van der Waals surface area contributed by atoms with Gasteiger partial charge in [0.1, 0.15) is 11.4 Å². The Morgan fingerprint density at radius 3 is 2.50 bits per heavy atom. The van der Waals surface area contributed by atoms with Gasteiger partial charge in [0, 0.05) is 5.69 Å². The average molecular weight is 211 g/mol. The van der Waals surface area contributed by atoms with E-state index in [1.54, 1.807) is 12.1 Å². The molecule has 0 aliphatic heterocycles. The molecule has 0 amide bonds. The Morgan fingerprint density at radius 2 is 1.75 bits per heavy atom. The molecule has 16 heavy (non-hydrogen) atoms. The summed E-state index contributed by atoms with van der Waals surface area (Å²) in [5, 5.41) is 9.60. The molecule has 0 fully saturated rings. The van der Waals surface area contributed by atoms with Gasteiger partial charge in [0.25, 0.3) is 0 Å². The molecule has 0 unspecified atom stereocenters. The van der Waals surface area contributed by atoms with Gasteiger partial charge in [0.15, 0.2) is 0 Å². The molecule has 2 heteroatoms. The summed E-state index contributed by atoms with van der Waals surface area (Å²) in [5.74, 6) is 0.206. The van der Waals surface area contributed by atoms with Crippen LogP contribution in [0.4, 0.5) is 0 Å². The van der Waals surface area contributed by atoms with E-state index in [1.807, 2.05) is 49.4 Å². The van der Waals surface area contributed by atoms with Crippen molar-refractivity contribution in [3.63, 3.8) is 0 Å². The summed E-state index contributed by atoms with van der Waals surface area (Å²) in [6, 6.07) is 13.4. The van der Waals surface area contributed by atoms with Gasteiger partial charge in [-0.05, 0) is 30.7 Å². The van der Waals surface area contributed by atoms with Crippen LogP contribution in [0.1, 0.15) is 17.0 Å². The van der Waals surface area contributed by atoms with Crippen LogP contribution in [0.5, 0.6) is 5.75 Å². The maximum atomic E-state index is 9.60. The molecular weight excluding hydrogens is 198 g/mol. The van der Waals surface area contributed by atoms with Gasteiger partial charge in [-0.1, -0.05) is 36.4 Å². The first-order valence-electron chi connectivity index (χ1n) is 5.15. The Morgan fingerprint density at radius 1 is 1.00 bits per heavy atom. The molecule has 2 aromatic rings. The summed E-state index contributed by atoms with van der Waals surface area (Å²) < 4.78 is 0. The summed E-state index contributed by atoms with van der Waals surface area (Å²) in [4.78, 5) is 4.25. The zero-order valence-corrected chi connectivity index (χ0v) is 9.09. The SMILES string of the molecule is Cc1ccc(O)c(/C=C/c2ccccc2)n1. The van der Waals surface area contributed by atoms with E-state index in [9.17, 15) is 5.11 Å². The van der Waals surface area contributed by atoms with Crippen LogP contribution in [0.2, 0.25) is 0 Å². The zero-order chi connectivity index (χ0) is 11.4. The number of hydrogen-bond donors (Lipinski definition) is 1. The van der Waals surface area contributed by atoms with Crippen molar-refractivity contribution in [3.8, 4) is 5.75 Å². The van der Waals surface area contributed by atoms with Crippen molar-refractivity contribution in [3.05, 3.63) is 59.4 Å². The van der Waals surface area contributed by atoms with E-state index in [0.717, 1.165) is 11.3 Å². The summed E-state index contributed by atoms with van der Waals surface area (Å²) in [7, 11) is 0. The second-order valence-corrected chi connectivity index (χ2v) is 3.60. The van der Waals surface area contributed by atoms with Crippen LogP contribution in [0.25, 0.3) is 12.2 Å². The van der Waals surface area contributed by atoms with Crippen molar-refractivity contribution in [1.29, 1.82) is 0 Å². The smallest absolute Gasteiger partial charge is 0.141 e. The molecule has 0 spiro atoms. The number of pyridine rings is 1. The van der Waals surface area contributed by atoms with E-state index >= 15 is 0 Å². The van der Waals surface area contributed by atoms with Crippen LogP contribution in [-0.4, -0.2) is 10.1 Å². The number of aromatic nitrogens is 1. The minimum absolute atomic E-state index is 0.206. The van der Waals surface area contributed by atoms with Gasteiger partial charge in [-0.3, -0.25) is 0 Å². The van der Waals surface area contributed by atoms with Crippen LogP contribution >= 0.6 is 0 Å². The number of aryl methyl sites for hydroxylation is 1. The van der Waals surface area contributed by atoms with Crippen molar-refractivity contribution in [2.45, 2.75) is 6.92 Å². The lowest BCUT2D eigenvalue weighted by Gasteiger charge is -1.99. The summed E-state index contributed by atoms with van der Waals surface area (Å²) in [5.41, 5.74) is 2.58. The second-order valence-electron chi connectivity index (χ2n) is 3.60. The predicted molar refractivity (Wildman–Crippen MR) is 66.0 cm³/mol. The normalized spacial score (nSPS) is 10.8. The lowest BCUT2D eigenvalue weighted by Crippen LogP contribution is -1.85. The average Bonchev–Trinajstić information content (AvgIpc) is 2.32. The number of aromatic hydroxyl groups is 1. The lowest BCUT2D eigenvalue weighted by molar-refractivity contribution is 0.471. The first-order valence-corrected chi connectivity index (χ1v) is 5.15. The summed E-state index contributed by atoms with van der Waals surface area (Å²) in [6.45, 7) is 1.90. The van der Waals surface area contributed by atoms with Gasteiger partial charge >= 0.3 is 0 Å². The first-order chi connectivity index (χ1) is 7.75. The van der Waals surface area contributed by atoms with Crippen molar-refractivity contribution < 1.29 is 5.11 Å². The molecule has 1 heterocycles. The van der Waals surface area contributed by atoms with Gasteiger partial charge in [-0.2, -0.15) is 0 Å². The molecule has 1 N–H and O–H groups in total. The molecular formula is C14H13NO. The Bertz CT molecular complexity index is 503. The molecule has 0 saturated heterocycles. The van der Waals surface area contributed by atoms with Crippen LogP contribution < -0.4 is 0 Å². The largest absolute Gasteiger partial charge is 0.506 e. The minimum Gasteiger partial charge on any atom is -0.506 e. The zero-order valence-electron chi connectivity index (χ0n) is 9.09. The molecule has 0 radical (unpaired) electrons. The Hall–Kier alpha value is -2.09. The van der Waals surface area contributed by atoms with Crippen LogP contribution in [0.15, 0.2) is 42.5 Å². The Balaban J connectivity index is 2.27. The molecule has 2 rings (SSSR count). The number of benzene rings is 1. The van der Waals surface area contributed by atoms with Crippen LogP contribution in [0.3, 0.4) is 0 Å². The van der Waals surface area contributed by atoms with E-state index in [0.29, 0.717) is 5.69 Å². The monoisotopic (exact) mass is 211 g/mol. The van der Waals surface area contributed by atoms with Crippen LogP contribution in [0, 0.1) is 6.92 Å². The fourth-order valence-electron chi connectivity index (χ4n) is 1.43. The fourth-order valence-corrected chi connectivity index (χ4v) is 1.43. The fraction of sp³-hybridized carbons (Fsp3) is 0.0714. The number of nitrogens with zero attached hydrogens (tertiary/aromatic N) is 1.